The van der Waals surface area contributed by atoms with Crippen molar-refractivity contribution in [2.75, 3.05) is 6.79 Å². The summed E-state index contributed by atoms with van der Waals surface area (Å²) in [5, 5.41) is 0. The number of carbonyl (C=O) groups excluding carboxylic acids is 1. The standard InChI is InChI=1S/C18H24O4/c19-18(15-8-14-1-2-16(15)22-14)21-9-20-17-12-4-10-3-11(6-12)7-13(17)5-10/h1-2,10-17H,3-9H2. The van der Waals surface area contributed by atoms with E-state index >= 15 is 0 Å². The molecule has 0 N–H and O–H groups in total. The Morgan fingerprint density at radius 2 is 1.73 bits per heavy atom. The molecule has 5 fully saturated rings. The molecule has 1 saturated heterocycles. The van der Waals surface area contributed by atoms with E-state index in [-0.39, 0.29) is 30.9 Å². The van der Waals surface area contributed by atoms with Crippen LogP contribution in [-0.4, -0.2) is 31.1 Å². The van der Waals surface area contributed by atoms with Crippen molar-refractivity contribution in [3.05, 3.63) is 12.2 Å². The number of rotatable bonds is 4. The number of hydrogen-bond acceptors (Lipinski definition) is 4. The zero-order chi connectivity index (χ0) is 14.7. The quantitative estimate of drug-likeness (QED) is 0.455. The van der Waals surface area contributed by atoms with Crippen molar-refractivity contribution >= 4 is 5.97 Å². The van der Waals surface area contributed by atoms with Crippen LogP contribution in [0.3, 0.4) is 0 Å². The van der Waals surface area contributed by atoms with Crippen molar-refractivity contribution in [3.63, 3.8) is 0 Å². The minimum Gasteiger partial charge on any atom is -0.438 e. The first-order valence-corrected chi connectivity index (χ1v) is 8.88. The van der Waals surface area contributed by atoms with E-state index in [0.29, 0.717) is 17.9 Å². The van der Waals surface area contributed by atoms with Crippen molar-refractivity contribution in [1.82, 2.24) is 0 Å². The maximum absolute atomic E-state index is 12.2. The van der Waals surface area contributed by atoms with E-state index in [0.717, 1.165) is 18.3 Å². The molecule has 2 aliphatic heterocycles. The Balaban J connectivity index is 1.14. The van der Waals surface area contributed by atoms with Gasteiger partial charge in [0, 0.05) is 0 Å². The van der Waals surface area contributed by atoms with Crippen LogP contribution in [-0.2, 0) is 19.0 Å². The van der Waals surface area contributed by atoms with Gasteiger partial charge >= 0.3 is 5.97 Å². The molecule has 4 heteroatoms. The molecule has 22 heavy (non-hydrogen) atoms. The second kappa shape index (κ2) is 5.07. The highest BCUT2D eigenvalue weighted by atomic mass is 16.7. The second-order valence-corrected chi connectivity index (χ2v) is 8.01. The zero-order valence-electron chi connectivity index (χ0n) is 12.9. The molecular formula is C18H24O4. The first kappa shape index (κ1) is 13.6. The van der Waals surface area contributed by atoms with Crippen LogP contribution in [0.5, 0.6) is 0 Å². The van der Waals surface area contributed by atoms with Gasteiger partial charge in [-0.1, -0.05) is 12.2 Å². The summed E-state index contributed by atoms with van der Waals surface area (Å²) < 4.78 is 17.1. The summed E-state index contributed by atoms with van der Waals surface area (Å²) in [7, 11) is 0. The number of hydrogen-bond donors (Lipinski definition) is 0. The summed E-state index contributed by atoms with van der Waals surface area (Å²) in [5.74, 6) is 3.04. The summed E-state index contributed by atoms with van der Waals surface area (Å²) in [4.78, 5) is 12.2. The molecule has 3 unspecified atom stereocenters. The number of carbonyl (C=O) groups is 1. The SMILES string of the molecule is O=C(OCOC1C2CC3CC(C2)CC1C3)C1CC2C=CC1O2. The lowest BCUT2D eigenvalue weighted by molar-refractivity contribution is -0.190. The first-order chi connectivity index (χ1) is 10.8. The summed E-state index contributed by atoms with van der Waals surface area (Å²) in [6.45, 7) is 0.128. The monoisotopic (exact) mass is 304 g/mol. The molecule has 0 aromatic rings. The number of esters is 1. The van der Waals surface area contributed by atoms with Gasteiger partial charge in [0.25, 0.3) is 0 Å². The average Bonchev–Trinajstić information content (AvgIpc) is 3.12. The molecule has 6 aliphatic rings. The van der Waals surface area contributed by atoms with Gasteiger partial charge in [-0.15, -0.1) is 0 Å². The largest absolute Gasteiger partial charge is 0.438 e. The van der Waals surface area contributed by atoms with Crippen LogP contribution in [0, 0.1) is 29.6 Å². The van der Waals surface area contributed by atoms with E-state index in [1.807, 2.05) is 12.2 Å². The molecule has 0 aromatic heterocycles. The average molecular weight is 304 g/mol. The third-order valence-electron chi connectivity index (χ3n) is 6.63. The van der Waals surface area contributed by atoms with Gasteiger partial charge in [-0.3, -0.25) is 4.79 Å². The van der Waals surface area contributed by atoms with Crippen LogP contribution in [0.4, 0.5) is 0 Å². The van der Waals surface area contributed by atoms with Gasteiger partial charge in [0.1, 0.15) is 0 Å². The molecule has 120 valence electrons. The highest BCUT2D eigenvalue weighted by Crippen LogP contribution is 2.54. The summed E-state index contributed by atoms with van der Waals surface area (Å²) >= 11 is 0. The molecule has 4 nitrogen and oxygen atoms in total. The fourth-order valence-corrected chi connectivity index (χ4v) is 5.93. The van der Waals surface area contributed by atoms with Gasteiger partial charge in [0.05, 0.1) is 24.2 Å². The predicted molar refractivity (Wildman–Crippen MR) is 78.8 cm³/mol. The Bertz CT molecular complexity index is 471. The van der Waals surface area contributed by atoms with Gasteiger partial charge < -0.3 is 14.2 Å². The minimum absolute atomic E-state index is 0.0707. The normalized spacial score (nSPS) is 50.7. The summed E-state index contributed by atoms with van der Waals surface area (Å²) in [5.41, 5.74) is 0. The van der Waals surface area contributed by atoms with Crippen molar-refractivity contribution < 1.29 is 19.0 Å². The van der Waals surface area contributed by atoms with Crippen LogP contribution in [0.2, 0.25) is 0 Å². The van der Waals surface area contributed by atoms with Gasteiger partial charge in [-0.25, -0.2) is 0 Å². The third-order valence-corrected chi connectivity index (χ3v) is 6.63. The van der Waals surface area contributed by atoms with E-state index < -0.39 is 0 Å². The van der Waals surface area contributed by atoms with Crippen LogP contribution in [0.15, 0.2) is 12.2 Å². The van der Waals surface area contributed by atoms with Crippen LogP contribution in [0.1, 0.15) is 38.5 Å². The van der Waals surface area contributed by atoms with E-state index in [4.69, 9.17) is 14.2 Å². The minimum atomic E-state index is -0.152. The Kier molecular flexibility index (Phi) is 3.12. The van der Waals surface area contributed by atoms with E-state index in [1.54, 1.807) is 0 Å². The molecular weight excluding hydrogens is 280 g/mol. The number of fused-ring (bicyclic) bond motifs is 2. The highest BCUT2D eigenvalue weighted by molar-refractivity contribution is 5.74. The van der Waals surface area contributed by atoms with Crippen LogP contribution < -0.4 is 0 Å². The summed E-state index contributed by atoms with van der Waals surface area (Å²) in [6, 6.07) is 0. The molecule has 6 rings (SSSR count). The molecule has 0 radical (unpaired) electrons. The van der Waals surface area contributed by atoms with Crippen LogP contribution >= 0.6 is 0 Å². The maximum atomic E-state index is 12.2. The molecule has 0 amide bonds. The predicted octanol–water partition coefficient (Wildman–Crippen LogP) is 2.67. The molecule has 2 heterocycles. The van der Waals surface area contributed by atoms with Crippen molar-refractivity contribution in [1.29, 1.82) is 0 Å². The molecule has 4 aliphatic carbocycles. The van der Waals surface area contributed by atoms with Crippen LogP contribution in [0.25, 0.3) is 0 Å². The first-order valence-electron chi connectivity index (χ1n) is 8.88. The Labute approximate surface area is 131 Å². The lowest BCUT2D eigenvalue weighted by Gasteiger charge is -2.53. The zero-order valence-corrected chi connectivity index (χ0v) is 12.9. The van der Waals surface area contributed by atoms with Gasteiger partial charge in [0.2, 0.25) is 0 Å². The molecule has 0 spiro atoms. The van der Waals surface area contributed by atoms with Crippen molar-refractivity contribution in [2.45, 2.75) is 56.8 Å². The number of ether oxygens (including phenoxy) is 3. The lowest BCUT2D eigenvalue weighted by Crippen LogP contribution is -2.49. The Morgan fingerprint density at radius 1 is 1.00 bits per heavy atom. The second-order valence-electron chi connectivity index (χ2n) is 8.01. The highest BCUT2D eigenvalue weighted by Gasteiger charge is 2.49. The van der Waals surface area contributed by atoms with Gasteiger partial charge in [-0.2, -0.15) is 0 Å². The molecule has 3 atom stereocenters. The molecule has 0 aromatic carbocycles. The molecule has 4 saturated carbocycles. The van der Waals surface area contributed by atoms with Gasteiger partial charge in [-0.05, 0) is 62.2 Å². The molecule has 6 bridgehead atoms. The van der Waals surface area contributed by atoms with E-state index in [1.165, 1.54) is 32.1 Å². The van der Waals surface area contributed by atoms with E-state index in [9.17, 15) is 4.79 Å². The van der Waals surface area contributed by atoms with Crippen molar-refractivity contribution in [2.24, 2.45) is 29.6 Å². The smallest absolute Gasteiger partial charge is 0.314 e. The van der Waals surface area contributed by atoms with Gasteiger partial charge in [0.15, 0.2) is 6.79 Å². The fourth-order valence-electron chi connectivity index (χ4n) is 5.93. The Hall–Kier alpha value is -0.870. The lowest BCUT2D eigenvalue weighted by atomic mass is 9.55. The summed E-state index contributed by atoms with van der Waals surface area (Å²) in [6.07, 6.45) is 11.9. The van der Waals surface area contributed by atoms with Crippen molar-refractivity contribution in [3.8, 4) is 0 Å². The third kappa shape index (κ3) is 2.15. The Morgan fingerprint density at radius 3 is 2.32 bits per heavy atom. The maximum Gasteiger partial charge on any atom is 0.314 e. The topological polar surface area (TPSA) is 44.8 Å². The fraction of sp³-hybridized carbons (Fsp3) is 0.833. The van der Waals surface area contributed by atoms with E-state index in [2.05, 4.69) is 0 Å².